The summed E-state index contributed by atoms with van der Waals surface area (Å²) in [5.41, 5.74) is 2.07. The van der Waals surface area contributed by atoms with Gasteiger partial charge in [0.05, 0.1) is 5.56 Å². The van der Waals surface area contributed by atoms with Crippen molar-refractivity contribution in [2.24, 2.45) is 0 Å². The summed E-state index contributed by atoms with van der Waals surface area (Å²) in [5, 5.41) is 12.2. The molecule has 2 aromatic rings. The summed E-state index contributed by atoms with van der Waals surface area (Å²) < 4.78 is 0. The molecule has 0 aromatic heterocycles. The van der Waals surface area contributed by atoms with Gasteiger partial charge in [-0.05, 0) is 89.8 Å². The van der Waals surface area contributed by atoms with E-state index >= 15 is 0 Å². The molecule has 6 heteroatoms. The number of nitrogens with one attached hydrogen (secondary N) is 1. The van der Waals surface area contributed by atoms with Crippen LogP contribution in [-0.4, -0.2) is 53.6 Å². The second kappa shape index (κ2) is 7.62. The molecule has 0 saturated carbocycles. The summed E-state index contributed by atoms with van der Waals surface area (Å²) in [5.74, 6) is -0.933. The van der Waals surface area contributed by atoms with E-state index < -0.39 is 26.0 Å². The molecule has 0 aliphatic rings. The van der Waals surface area contributed by atoms with Crippen LogP contribution in [0.2, 0.25) is 0 Å². The number of carboxylic acid groups (broad SMARTS) is 1. The molecule has 0 atom stereocenters. The van der Waals surface area contributed by atoms with Gasteiger partial charge in [-0.1, -0.05) is 12.2 Å². The number of hydrogen-bond donors (Lipinski definition) is 2. The quantitative estimate of drug-likeness (QED) is 0.660. The van der Waals surface area contributed by atoms with E-state index in [1.54, 1.807) is 24.3 Å². The molecule has 2 aromatic carbocycles. The van der Waals surface area contributed by atoms with Crippen LogP contribution in [0, 0.1) is 0 Å². The number of aromatic carboxylic acids is 1. The molecular formula is C20H27NO2S3. The maximum absolute atomic E-state index is 11.0. The van der Waals surface area contributed by atoms with E-state index in [9.17, 15) is 4.79 Å². The van der Waals surface area contributed by atoms with Crippen LogP contribution in [0.4, 0.5) is 5.69 Å². The van der Waals surface area contributed by atoms with Gasteiger partial charge in [0.2, 0.25) is 0 Å². The van der Waals surface area contributed by atoms with Crippen molar-refractivity contribution in [3.63, 3.8) is 0 Å². The first-order chi connectivity index (χ1) is 11.9. The Morgan fingerprint density at radius 1 is 0.846 bits per heavy atom. The van der Waals surface area contributed by atoms with Gasteiger partial charge in [0.15, 0.2) is 0 Å². The van der Waals surface area contributed by atoms with Gasteiger partial charge in [0.25, 0.3) is 0 Å². The van der Waals surface area contributed by atoms with E-state index in [-0.39, 0.29) is 5.56 Å². The predicted molar refractivity (Wildman–Crippen MR) is 122 cm³/mol. The second-order valence-electron chi connectivity index (χ2n) is 7.70. The van der Waals surface area contributed by atoms with Gasteiger partial charge in [-0.3, -0.25) is 0 Å². The summed E-state index contributed by atoms with van der Waals surface area (Å²) in [4.78, 5) is 14.3. The Balaban J connectivity index is 2.37. The van der Waals surface area contributed by atoms with Crippen LogP contribution >= 0.6 is 32.3 Å². The summed E-state index contributed by atoms with van der Waals surface area (Å²) >= 11 is 5.64. The van der Waals surface area contributed by atoms with Crippen LogP contribution in [0.3, 0.4) is 0 Å². The van der Waals surface area contributed by atoms with Gasteiger partial charge < -0.3 is 10.4 Å². The van der Waals surface area contributed by atoms with Crippen LogP contribution in [0.25, 0.3) is 0 Å². The molecule has 142 valence electrons. The topological polar surface area (TPSA) is 49.3 Å². The molecule has 0 amide bonds. The Kier molecular flexibility index (Phi) is 6.10. The maximum Gasteiger partial charge on any atom is 0.335 e. The smallest absolute Gasteiger partial charge is 0.335 e. The third kappa shape index (κ3) is 5.25. The molecule has 0 aliphatic heterocycles. The number of carbonyl (C=O) groups is 1. The van der Waals surface area contributed by atoms with E-state index in [1.165, 1.54) is 9.79 Å². The van der Waals surface area contributed by atoms with Crippen molar-refractivity contribution in [1.82, 2.24) is 0 Å². The van der Waals surface area contributed by atoms with Crippen molar-refractivity contribution in [2.75, 3.05) is 42.9 Å². The van der Waals surface area contributed by atoms with Gasteiger partial charge in [-0.2, -0.15) is 0 Å². The summed E-state index contributed by atoms with van der Waals surface area (Å²) in [6.45, 7) is 0. The molecule has 2 N–H and O–H groups in total. The normalized spacial score (nSPS) is 13.2. The number of carboxylic acids is 1. The lowest BCUT2D eigenvalue weighted by molar-refractivity contribution is 0.0697. The average molecular weight is 410 g/mol. The lowest BCUT2D eigenvalue weighted by Crippen LogP contribution is -2.12. The van der Waals surface area contributed by atoms with Crippen LogP contribution in [-0.2, 0) is 0 Å². The van der Waals surface area contributed by atoms with E-state index in [4.69, 9.17) is 17.3 Å². The summed E-state index contributed by atoms with van der Waals surface area (Å²) in [6, 6.07) is 13.3. The molecule has 0 fully saturated rings. The largest absolute Gasteiger partial charge is 0.478 e. The minimum Gasteiger partial charge on any atom is -0.478 e. The van der Waals surface area contributed by atoms with Crippen molar-refractivity contribution in [1.29, 1.82) is 0 Å². The first kappa shape index (κ1) is 20.8. The summed E-state index contributed by atoms with van der Waals surface area (Å²) in [7, 11) is -1.74. The molecule has 26 heavy (non-hydrogen) atoms. The molecule has 3 nitrogen and oxygen atoms in total. The summed E-state index contributed by atoms with van der Waals surface area (Å²) in [6.07, 6.45) is 13.7. The van der Waals surface area contributed by atoms with Gasteiger partial charge >= 0.3 is 5.97 Å². The Labute approximate surface area is 164 Å². The third-order valence-corrected chi connectivity index (χ3v) is 7.58. The van der Waals surface area contributed by atoms with Crippen LogP contribution in [0.1, 0.15) is 15.9 Å². The fourth-order valence-corrected chi connectivity index (χ4v) is 4.54. The second-order valence-corrected chi connectivity index (χ2v) is 16.4. The van der Waals surface area contributed by atoms with E-state index in [0.717, 1.165) is 11.3 Å². The number of thiocarbonyl (C=S) groups is 1. The molecule has 0 saturated heterocycles. The molecule has 0 spiro atoms. The number of anilines is 1. The van der Waals surface area contributed by atoms with Crippen molar-refractivity contribution in [3.05, 3.63) is 53.6 Å². The monoisotopic (exact) mass is 409 g/mol. The van der Waals surface area contributed by atoms with Crippen molar-refractivity contribution < 1.29 is 9.90 Å². The fraction of sp³-hybridized carbons (Fsp3) is 0.300. The van der Waals surface area contributed by atoms with E-state index in [1.807, 2.05) is 0 Å². The molecule has 0 unspecified atom stereocenters. The molecular weight excluding hydrogens is 382 g/mol. The molecule has 2 rings (SSSR count). The minimum atomic E-state index is -0.933. The van der Waals surface area contributed by atoms with E-state index in [0.29, 0.717) is 4.99 Å². The highest BCUT2D eigenvalue weighted by Crippen LogP contribution is 2.51. The molecule has 0 radical (unpaired) electrons. The van der Waals surface area contributed by atoms with Crippen LogP contribution in [0.5, 0.6) is 0 Å². The zero-order chi connectivity index (χ0) is 19.7. The number of rotatable bonds is 5. The Morgan fingerprint density at radius 3 is 1.69 bits per heavy atom. The highest BCUT2D eigenvalue weighted by atomic mass is 32.3. The Morgan fingerprint density at radius 2 is 1.31 bits per heavy atom. The van der Waals surface area contributed by atoms with Crippen molar-refractivity contribution in [3.8, 4) is 0 Å². The van der Waals surface area contributed by atoms with Gasteiger partial charge in [0, 0.05) is 11.3 Å². The van der Waals surface area contributed by atoms with E-state index in [2.05, 4.69) is 61.1 Å². The number of hydrogen-bond acceptors (Lipinski definition) is 2. The molecule has 0 bridgehead atoms. The minimum absolute atomic E-state index is 0.262. The molecule has 0 aliphatic carbocycles. The first-order valence-electron chi connectivity index (χ1n) is 8.04. The fourth-order valence-electron chi connectivity index (χ4n) is 2.31. The van der Waals surface area contributed by atoms with Crippen LogP contribution < -0.4 is 5.32 Å². The Hall–Kier alpha value is -1.50. The molecule has 0 heterocycles. The number of benzene rings is 2. The van der Waals surface area contributed by atoms with Gasteiger partial charge in [-0.15, -0.1) is 0 Å². The average Bonchev–Trinajstić information content (AvgIpc) is 2.53. The zero-order valence-corrected chi connectivity index (χ0v) is 18.6. The maximum atomic E-state index is 11.0. The third-order valence-electron chi connectivity index (χ3n) is 3.95. The predicted octanol–water partition coefficient (Wildman–Crippen LogP) is 5.28. The lowest BCUT2D eigenvalue weighted by atomic mass is 10.2. The van der Waals surface area contributed by atoms with Crippen molar-refractivity contribution in [2.45, 2.75) is 9.79 Å². The van der Waals surface area contributed by atoms with Gasteiger partial charge in [-0.25, -0.2) is 24.9 Å². The highest BCUT2D eigenvalue weighted by molar-refractivity contribution is 8.32. The van der Waals surface area contributed by atoms with Crippen molar-refractivity contribution >= 4 is 48.9 Å². The zero-order valence-electron chi connectivity index (χ0n) is 16.1. The standard InChI is InChI=1S/C20H27NO2S3/c1-25(2,3)17-11-15(12-18(13-17)26(4,5)6)19(24)21-16-9-7-14(8-10-16)20(22)23/h7-13H,1-6H3,(H,21,24)(H,22,23). The van der Waals surface area contributed by atoms with Crippen LogP contribution in [0.15, 0.2) is 52.3 Å². The highest BCUT2D eigenvalue weighted by Gasteiger charge is 2.17. The SMILES string of the molecule is CS(C)(C)c1cc(C(=S)Nc2ccc(C(=O)O)cc2)cc(S(C)(C)C)c1. The Bertz CT molecular complexity index is 799. The lowest BCUT2D eigenvalue weighted by Gasteiger charge is -2.32. The van der Waals surface area contributed by atoms with Gasteiger partial charge in [0.1, 0.15) is 4.99 Å². The first-order valence-corrected chi connectivity index (χ1v) is 14.2.